The molecule has 0 saturated carbocycles. The number of nitrogens with one attached hydrogen (secondary N) is 1. The molecule has 0 bridgehead atoms. The molecule has 0 aliphatic heterocycles. The molecule has 1 aliphatic carbocycles. The van der Waals surface area contributed by atoms with E-state index in [1.54, 1.807) is 10.4 Å². The first-order chi connectivity index (χ1) is 9.33. The second-order valence-electron chi connectivity index (χ2n) is 5.23. The molecule has 3 rings (SSSR count). The number of aryl methyl sites for hydroxylation is 2. The minimum atomic E-state index is 0.414. The first-order valence-electron chi connectivity index (χ1n) is 7.07. The molecule has 2 aromatic rings. The van der Waals surface area contributed by atoms with Crippen molar-refractivity contribution in [1.29, 1.82) is 0 Å². The molecule has 2 heterocycles. The van der Waals surface area contributed by atoms with Crippen molar-refractivity contribution in [3.8, 4) is 0 Å². The number of hydrogen-bond acceptors (Lipinski definition) is 3. The van der Waals surface area contributed by atoms with Gasteiger partial charge in [0.2, 0.25) is 0 Å². The van der Waals surface area contributed by atoms with Crippen LogP contribution in [-0.2, 0) is 19.4 Å². The van der Waals surface area contributed by atoms with E-state index in [-0.39, 0.29) is 0 Å². The smallest absolute Gasteiger partial charge is 0.0541 e. The van der Waals surface area contributed by atoms with Gasteiger partial charge in [-0.25, -0.2) is 0 Å². The van der Waals surface area contributed by atoms with E-state index in [0.717, 1.165) is 12.2 Å². The Bertz CT molecular complexity index is 509. The largest absolute Gasteiger partial charge is 0.304 e. The SMILES string of the molecule is CC(NCc1ccccn1)c1cc2c(s1)CCCC2. The van der Waals surface area contributed by atoms with Gasteiger partial charge in [-0.3, -0.25) is 4.98 Å². The predicted molar refractivity (Wildman–Crippen MR) is 80.5 cm³/mol. The highest BCUT2D eigenvalue weighted by Crippen LogP contribution is 2.32. The highest BCUT2D eigenvalue weighted by atomic mass is 32.1. The fourth-order valence-electron chi connectivity index (χ4n) is 2.59. The standard InChI is InChI=1S/C16H20N2S/c1-12(18-11-14-7-4-5-9-17-14)16-10-13-6-2-3-8-15(13)19-16/h4-5,7,9-10,12,18H,2-3,6,8,11H2,1H3. The third-order valence-corrected chi connectivity index (χ3v) is 5.18. The van der Waals surface area contributed by atoms with Crippen LogP contribution in [0.25, 0.3) is 0 Å². The van der Waals surface area contributed by atoms with Crippen LogP contribution in [0, 0.1) is 0 Å². The van der Waals surface area contributed by atoms with Crippen LogP contribution in [0.2, 0.25) is 0 Å². The molecule has 0 aromatic carbocycles. The molecule has 0 fully saturated rings. The van der Waals surface area contributed by atoms with Crippen LogP contribution in [0.1, 0.15) is 46.8 Å². The molecule has 2 aromatic heterocycles. The van der Waals surface area contributed by atoms with Gasteiger partial charge in [-0.2, -0.15) is 0 Å². The first kappa shape index (κ1) is 12.8. The van der Waals surface area contributed by atoms with Gasteiger partial charge < -0.3 is 5.32 Å². The first-order valence-corrected chi connectivity index (χ1v) is 7.89. The van der Waals surface area contributed by atoms with E-state index in [1.807, 2.05) is 29.7 Å². The maximum atomic E-state index is 4.35. The number of nitrogens with zero attached hydrogens (tertiary/aromatic N) is 1. The molecule has 1 N–H and O–H groups in total. The molecule has 19 heavy (non-hydrogen) atoms. The summed E-state index contributed by atoms with van der Waals surface area (Å²) in [5.74, 6) is 0. The minimum Gasteiger partial charge on any atom is -0.304 e. The highest BCUT2D eigenvalue weighted by Gasteiger charge is 2.16. The molecule has 3 heteroatoms. The van der Waals surface area contributed by atoms with Gasteiger partial charge >= 0.3 is 0 Å². The summed E-state index contributed by atoms with van der Waals surface area (Å²) >= 11 is 2.00. The Morgan fingerprint density at radius 3 is 3.00 bits per heavy atom. The van der Waals surface area contributed by atoms with E-state index in [1.165, 1.54) is 30.6 Å². The Morgan fingerprint density at radius 1 is 1.32 bits per heavy atom. The third kappa shape index (κ3) is 3.04. The van der Waals surface area contributed by atoms with Crippen molar-refractivity contribution in [2.24, 2.45) is 0 Å². The summed E-state index contributed by atoms with van der Waals surface area (Å²) in [6.45, 7) is 3.09. The number of fused-ring (bicyclic) bond motifs is 1. The van der Waals surface area contributed by atoms with Crippen molar-refractivity contribution < 1.29 is 0 Å². The van der Waals surface area contributed by atoms with Gasteiger partial charge in [-0.05, 0) is 56.4 Å². The number of hydrogen-bond donors (Lipinski definition) is 1. The Balaban J connectivity index is 1.64. The van der Waals surface area contributed by atoms with Crippen molar-refractivity contribution >= 4 is 11.3 Å². The zero-order chi connectivity index (χ0) is 13.1. The average Bonchev–Trinajstić information content (AvgIpc) is 2.90. The van der Waals surface area contributed by atoms with Crippen molar-refractivity contribution in [2.45, 2.75) is 45.2 Å². The zero-order valence-electron chi connectivity index (χ0n) is 11.4. The van der Waals surface area contributed by atoms with Gasteiger partial charge in [0.1, 0.15) is 0 Å². The van der Waals surface area contributed by atoms with E-state index < -0.39 is 0 Å². The van der Waals surface area contributed by atoms with Crippen molar-refractivity contribution in [3.63, 3.8) is 0 Å². The summed E-state index contributed by atoms with van der Waals surface area (Å²) in [7, 11) is 0. The number of thiophene rings is 1. The minimum absolute atomic E-state index is 0.414. The summed E-state index contributed by atoms with van der Waals surface area (Å²) in [5, 5.41) is 3.57. The zero-order valence-corrected chi connectivity index (χ0v) is 12.2. The molecule has 0 saturated heterocycles. The number of aromatic nitrogens is 1. The van der Waals surface area contributed by atoms with Crippen LogP contribution in [0.4, 0.5) is 0 Å². The maximum absolute atomic E-state index is 4.35. The molecular weight excluding hydrogens is 252 g/mol. The van der Waals surface area contributed by atoms with Gasteiger partial charge in [0.05, 0.1) is 5.69 Å². The normalized spacial score (nSPS) is 16.1. The molecule has 1 unspecified atom stereocenters. The summed E-state index contributed by atoms with van der Waals surface area (Å²) < 4.78 is 0. The Kier molecular flexibility index (Phi) is 3.95. The fraction of sp³-hybridized carbons (Fsp3) is 0.438. The third-order valence-electron chi connectivity index (χ3n) is 3.76. The van der Waals surface area contributed by atoms with Gasteiger partial charge in [0.15, 0.2) is 0 Å². The lowest BCUT2D eigenvalue weighted by molar-refractivity contribution is 0.575. The average molecular weight is 272 g/mol. The van der Waals surface area contributed by atoms with Gasteiger partial charge in [-0.15, -0.1) is 11.3 Å². The van der Waals surface area contributed by atoms with Crippen LogP contribution in [0.15, 0.2) is 30.5 Å². The van der Waals surface area contributed by atoms with Crippen LogP contribution in [0.5, 0.6) is 0 Å². The molecule has 0 amide bonds. The molecule has 2 nitrogen and oxygen atoms in total. The van der Waals surface area contributed by atoms with Crippen LogP contribution in [-0.4, -0.2) is 4.98 Å². The molecule has 0 spiro atoms. The van der Waals surface area contributed by atoms with Crippen molar-refractivity contribution in [2.75, 3.05) is 0 Å². The summed E-state index contributed by atoms with van der Waals surface area (Å²) in [6.07, 6.45) is 7.14. The van der Waals surface area contributed by atoms with E-state index in [4.69, 9.17) is 0 Å². The second kappa shape index (κ2) is 5.85. The van der Waals surface area contributed by atoms with Gasteiger partial charge in [-0.1, -0.05) is 6.07 Å². The summed E-state index contributed by atoms with van der Waals surface area (Å²) in [6, 6.07) is 8.89. The molecule has 100 valence electrons. The van der Waals surface area contributed by atoms with E-state index >= 15 is 0 Å². The monoisotopic (exact) mass is 272 g/mol. The van der Waals surface area contributed by atoms with Crippen LogP contribution in [0.3, 0.4) is 0 Å². The van der Waals surface area contributed by atoms with E-state index in [2.05, 4.69) is 29.4 Å². The summed E-state index contributed by atoms with van der Waals surface area (Å²) in [4.78, 5) is 7.44. The van der Waals surface area contributed by atoms with Crippen LogP contribution >= 0.6 is 11.3 Å². The molecule has 1 atom stereocenters. The molecular formula is C16H20N2S. The topological polar surface area (TPSA) is 24.9 Å². The lowest BCUT2D eigenvalue weighted by Gasteiger charge is -2.11. The number of rotatable bonds is 4. The van der Waals surface area contributed by atoms with E-state index in [9.17, 15) is 0 Å². The number of pyridine rings is 1. The Labute approximate surface area is 118 Å². The van der Waals surface area contributed by atoms with Crippen molar-refractivity contribution in [1.82, 2.24) is 10.3 Å². The van der Waals surface area contributed by atoms with Crippen LogP contribution < -0.4 is 5.32 Å². The Morgan fingerprint density at radius 2 is 2.21 bits per heavy atom. The van der Waals surface area contributed by atoms with E-state index in [0.29, 0.717) is 6.04 Å². The van der Waals surface area contributed by atoms with Gasteiger partial charge in [0, 0.05) is 28.5 Å². The quantitative estimate of drug-likeness (QED) is 0.914. The fourth-order valence-corrected chi connectivity index (χ4v) is 3.87. The maximum Gasteiger partial charge on any atom is 0.0541 e. The second-order valence-corrected chi connectivity index (χ2v) is 6.40. The predicted octanol–water partition coefficient (Wildman–Crippen LogP) is 3.87. The van der Waals surface area contributed by atoms with Crippen molar-refractivity contribution in [3.05, 3.63) is 51.5 Å². The summed E-state index contributed by atoms with van der Waals surface area (Å²) in [5.41, 5.74) is 2.70. The molecule has 0 radical (unpaired) electrons. The lowest BCUT2D eigenvalue weighted by Crippen LogP contribution is -2.17. The lowest BCUT2D eigenvalue weighted by atomic mass is 9.99. The Hall–Kier alpha value is -1.19. The molecule has 1 aliphatic rings. The highest BCUT2D eigenvalue weighted by molar-refractivity contribution is 7.12. The van der Waals surface area contributed by atoms with Gasteiger partial charge in [0.25, 0.3) is 0 Å².